The lowest BCUT2D eigenvalue weighted by Gasteiger charge is -2.09. The Bertz CT molecular complexity index is 679. The lowest BCUT2D eigenvalue weighted by atomic mass is 10.1. The van der Waals surface area contributed by atoms with E-state index in [9.17, 15) is 14.7 Å². The number of carbonyl (C=O) groups excluding carboxylic acids is 1. The summed E-state index contributed by atoms with van der Waals surface area (Å²) in [4.78, 5) is 22.9. The molecule has 0 aromatic heterocycles. The monoisotopic (exact) mass is 271 g/mol. The van der Waals surface area contributed by atoms with E-state index in [2.05, 4.69) is 5.32 Å². The summed E-state index contributed by atoms with van der Waals surface area (Å²) in [7, 11) is 0. The Hall–Kier alpha value is -2.82. The molecule has 0 fully saturated rings. The van der Waals surface area contributed by atoms with Crippen LogP contribution in [0.4, 0.5) is 5.69 Å². The molecule has 0 spiro atoms. The second-order valence-corrected chi connectivity index (χ2v) is 4.34. The third-order valence-electron chi connectivity index (χ3n) is 2.83. The molecule has 0 heterocycles. The van der Waals surface area contributed by atoms with Crippen molar-refractivity contribution in [2.24, 2.45) is 0 Å². The van der Waals surface area contributed by atoms with Crippen LogP contribution in [0.15, 0.2) is 42.5 Å². The number of anilines is 1. The van der Waals surface area contributed by atoms with Crippen LogP contribution < -0.4 is 5.32 Å². The van der Waals surface area contributed by atoms with E-state index < -0.39 is 11.9 Å². The Morgan fingerprint density at radius 3 is 2.40 bits per heavy atom. The van der Waals surface area contributed by atoms with E-state index in [-0.39, 0.29) is 16.9 Å². The van der Waals surface area contributed by atoms with Gasteiger partial charge in [0.05, 0.1) is 5.56 Å². The number of aromatic hydroxyl groups is 1. The summed E-state index contributed by atoms with van der Waals surface area (Å²) in [6.07, 6.45) is 0. The summed E-state index contributed by atoms with van der Waals surface area (Å²) in [5, 5.41) is 20.9. The summed E-state index contributed by atoms with van der Waals surface area (Å²) in [5.41, 5.74) is 1.60. The number of hydrogen-bond acceptors (Lipinski definition) is 3. The number of phenols is 1. The molecular weight excluding hydrogens is 258 g/mol. The fraction of sp³-hybridized carbons (Fsp3) is 0.0667. The normalized spacial score (nSPS) is 10.1. The molecule has 0 unspecified atom stereocenters. The third kappa shape index (κ3) is 2.95. The zero-order chi connectivity index (χ0) is 14.7. The first-order chi connectivity index (χ1) is 9.47. The maximum Gasteiger partial charge on any atom is 0.335 e. The predicted molar refractivity (Wildman–Crippen MR) is 74.2 cm³/mol. The molecule has 2 aromatic rings. The third-order valence-corrected chi connectivity index (χ3v) is 2.83. The molecule has 5 nitrogen and oxygen atoms in total. The van der Waals surface area contributed by atoms with Crippen molar-refractivity contribution >= 4 is 17.6 Å². The van der Waals surface area contributed by atoms with Crippen LogP contribution in [0, 0.1) is 6.92 Å². The SMILES string of the molecule is Cc1cc(O)ccc1NC(=O)c1cccc(C(=O)O)c1. The first-order valence-corrected chi connectivity index (χ1v) is 5.91. The Labute approximate surface area is 115 Å². The van der Waals surface area contributed by atoms with Crippen molar-refractivity contribution in [3.63, 3.8) is 0 Å². The number of carboxylic acids is 1. The molecule has 2 rings (SSSR count). The van der Waals surface area contributed by atoms with Gasteiger partial charge in [0.15, 0.2) is 0 Å². The molecule has 0 saturated carbocycles. The van der Waals surface area contributed by atoms with Crippen LogP contribution in [0.5, 0.6) is 5.75 Å². The molecule has 102 valence electrons. The standard InChI is InChI=1S/C15H13NO4/c1-9-7-12(17)5-6-13(9)16-14(18)10-3-2-4-11(8-10)15(19)20/h2-8,17H,1H3,(H,16,18)(H,19,20). The number of amides is 1. The van der Waals surface area contributed by atoms with Crippen molar-refractivity contribution in [1.82, 2.24) is 0 Å². The lowest BCUT2D eigenvalue weighted by molar-refractivity contribution is 0.0697. The van der Waals surface area contributed by atoms with Crippen LogP contribution in [0.2, 0.25) is 0 Å². The Balaban J connectivity index is 2.24. The molecule has 3 N–H and O–H groups in total. The minimum atomic E-state index is -1.08. The van der Waals surface area contributed by atoms with Gasteiger partial charge in [0.25, 0.3) is 5.91 Å². The molecule has 0 radical (unpaired) electrons. The molecule has 0 aliphatic carbocycles. The maximum atomic E-state index is 12.1. The highest BCUT2D eigenvalue weighted by Crippen LogP contribution is 2.20. The Kier molecular flexibility index (Phi) is 3.70. The number of rotatable bonds is 3. The highest BCUT2D eigenvalue weighted by atomic mass is 16.4. The van der Waals surface area contributed by atoms with Gasteiger partial charge in [-0.1, -0.05) is 6.07 Å². The van der Waals surface area contributed by atoms with E-state index in [0.29, 0.717) is 11.3 Å². The van der Waals surface area contributed by atoms with Gasteiger partial charge in [-0.15, -0.1) is 0 Å². The van der Waals surface area contributed by atoms with E-state index in [0.717, 1.165) is 0 Å². The fourth-order valence-electron chi connectivity index (χ4n) is 1.78. The number of carboxylic acid groups (broad SMARTS) is 1. The topological polar surface area (TPSA) is 86.6 Å². The van der Waals surface area contributed by atoms with E-state index in [1.54, 1.807) is 13.0 Å². The van der Waals surface area contributed by atoms with Crippen LogP contribution in [0.25, 0.3) is 0 Å². The van der Waals surface area contributed by atoms with Crippen molar-refractivity contribution in [2.45, 2.75) is 6.92 Å². The van der Waals surface area contributed by atoms with Gasteiger partial charge in [-0.25, -0.2) is 4.79 Å². The predicted octanol–water partition coefficient (Wildman–Crippen LogP) is 2.65. The van der Waals surface area contributed by atoms with Crippen LogP contribution in [-0.4, -0.2) is 22.1 Å². The van der Waals surface area contributed by atoms with Gasteiger partial charge in [-0.05, 0) is 48.9 Å². The zero-order valence-electron chi connectivity index (χ0n) is 10.8. The number of hydrogen-bond donors (Lipinski definition) is 3. The van der Waals surface area contributed by atoms with Crippen LogP contribution >= 0.6 is 0 Å². The molecule has 1 amide bonds. The van der Waals surface area contributed by atoms with Crippen LogP contribution in [0.3, 0.4) is 0 Å². The number of carbonyl (C=O) groups is 2. The fourth-order valence-corrected chi connectivity index (χ4v) is 1.78. The molecule has 0 saturated heterocycles. The van der Waals surface area contributed by atoms with Gasteiger partial charge < -0.3 is 15.5 Å². The van der Waals surface area contributed by atoms with E-state index in [1.165, 1.54) is 36.4 Å². The van der Waals surface area contributed by atoms with Crippen LogP contribution in [0.1, 0.15) is 26.3 Å². The molecule has 0 aliphatic heterocycles. The average Bonchev–Trinajstić information content (AvgIpc) is 2.42. The number of phenolic OH excluding ortho intramolecular Hbond substituents is 1. The van der Waals surface area contributed by atoms with Crippen molar-refractivity contribution in [3.8, 4) is 5.75 Å². The van der Waals surface area contributed by atoms with E-state index in [4.69, 9.17) is 5.11 Å². The Morgan fingerprint density at radius 2 is 1.75 bits per heavy atom. The lowest BCUT2D eigenvalue weighted by Crippen LogP contribution is -2.13. The minimum Gasteiger partial charge on any atom is -0.508 e. The van der Waals surface area contributed by atoms with Crippen LogP contribution in [-0.2, 0) is 0 Å². The molecule has 2 aromatic carbocycles. The van der Waals surface area contributed by atoms with Crippen molar-refractivity contribution in [3.05, 3.63) is 59.2 Å². The second kappa shape index (κ2) is 5.44. The quantitative estimate of drug-likeness (QED) is 0.749. The number of aryl methyl sites for hydroxylation is 1. The molecule has 20 heavy (non-hydrogen) atoms. The largest absolute Gasteiger partial charge is 0.508 e. The summed E-state index contributed by atoms with van der Waals surface area (Å²) in [6.45, 7) is 1.75. The van der Waals surface area contributed by atoms with Gasteiger partial charge in [-0.2, -0.15) is 0 Å². The summed E-state index contributed by atoms with van der Waals surface area (Å²) < 4.78 is 0. The minimum absolute atomic E-state index is 0.0556. The van der Waals surface area contributed by atoms with Gasteiger partial charge >= 0.3 is 5.97 Å². The second-order valence-electron chi connectivity index (χ2n) is 4.34. The van der Waals surface area contributed by atoms with Crippen molar-refractivity contribution < 1.29 is 19.8 Å². The highest BCUT2D eigenvalue weighted by molar-refractivity contribution is 6.05. The molecule has 5 heteroatoms. The number of nitrogens with one attached hydrogen (secondary N) is 1. The number of aromatic carboxylic acids is 1. The van der Waals surface area contributed by atoms with Crippen molar-refractivity contribution in [1.29, 1.82) is 0 Å². The van der Waals surface area contributed by atoms with E-state index >= 15 is 0 Å². The van der Waals surface area contributed by atoms with Gasteiger partial charge in [0.1, 0.15) is 5.75 Å². The van der Waals surface area contributed by atoms with Gasteiger partial charge in [0, 0.05) is 11.3 Å². The molecule has 0 bridgehead atoms. The average molecular weight is 271 g/mol. The summed E-state index contributed by atoms with van der Waals surface area (Å²) in [6, 6.07) is 10.4. The molecule has 0 aliphatic rings. The van der Waals surface area contributed by atoms with E-state index in [1.807, 2.05) is 0 Å². The summed E-state index contributed by atoms with van der Waals surface area (Å²) in [5.74, 6) is -1.37. The molecular formula is C15H13NO4. The first-order valence-electron chi connectivity index (χ1n) is 5.91. The smallest absolute Gasteiger partial charge is 0.335 e. The maximum absolute atomic E-state index is 12.1. The van der Waals surface area contributed by atoms with Crippen molar-refractivity contribution in [2.75, 3.05) is 5.32 Å². The first kappa shape index (κ1) is 13.6. The van der Waals surface area contributed by atoms with Gasteiger partial charge in [-0.3, -0.25) is 4.79 Å². The Morgan fingerprint density at radius 1 is 1.05 bits per heavy atom. The number of benzene rings is 2. The summed E-state index contributed by atoms with van der Waals surface area (Å²) >= 11 is 0. The van der Waals surface area contributed by atoms with Gasteiger partial charge in [0.2, 0.25) is 0 Å². The zero-order valence-corrected chi connectivity index (χ0v) is 10.8. The highest BCUT2D eigenvalue weighted by Gasteiger charge is 2.10. The molecule has 0 atom stereocenters.